The van der Waals surface area contributed by atoms with Crippen LogP contribution in [-0.2, 0) is 0 Å². The van der Waals surface area contributed by atoms with Gasteiger partial charge in [-0.2, -0.15) is 0 Å². The Morgan fingerprint density at radius 3 is 2.56 bits per heavy atom. The van der Waals surface area contributed by atoms with Crippen LogP contribution < -0.4 is 10.5 Å². The molecule has 0 fully saturated rings. The van der Waals surface area contributed by atoms with Crippen molar-refractivity contribution < 1.29 is 9.84 Å². The number of phenolic OH excluding ortho intramolecular Hbond substituents is 1. The Kier molecular flexibility index (Phi) is 4.62. The van der Waals surface area contributed by atoms with E-state index in [1.807, 2.05) is 6.07 Å². The van der Waals surface area contributed by atoms with Crippen molar-refractivity contribution in [3.8, 4) is 11.5 Å². The second kappa shape index (κ2) is 5.75. The third-order valence-corrected chi connectivity index (χ3v) is 2.69. The fourth-order valence-electron chi connectivity index (χ4n) is 1.60. The van der Waals surface area contributed by atoms with Crippen molar-refractivity contribution in [2.45, 2.75) is 32.7 Å². The fraction of sp³-hybridized carbons (Fsp3) is 0.538. The summed E-state index contributed by atoms with van der Waals surface area (Å²) < 4.78 is 5.06. The predicted molar refractivity (Wildman–Crippen MR) is 65.7 cm³/mol. The molecule has 0 bridgehead atoms. The standard InChI is InChI=1S/C13H21NO2/c1-9(2)4-6-11(14)10-5-7-12(15)13(8-10)16-3/h5,7-9,11,15H,4,6,14H2,1-3H3/t11-/m0/s1. The molecule has 0 aliphatic heterocycles. The molecule has 1 aromatic carbocycles. The second-order valence-corrected chi connectivity index (χ2v) is 4.51. The Hall–Kier alpha value is -1.22. The predicted octanol–water partition coefficient (Wildman–Crippen LogP) is 2.84. The topological polar surface area (TPSA) is 55.5 Å². The lowest BCUT2D eigenvalue weighted by molar-refractivity contribution is 0.372. The highest BCUT2D eigenvalue weighted by Crippen LogP contribution is 2.29. The lowest BCUT2D eigenvalue weighted by Gasteiger charge is -2.14. The van der Waals surface area contributed by atoms with E-state index in [2.05, 4.69) is 13.8 Å². The summed E-state index contributed by atoms with van der Waals surface area (Å²) in [5, 5.41) is 9.47. The van der Waals surface area contributed by atoms with Crippen LogP contribution in [0.2, 0.25) is 0 Å². The van der Waals surface area contributed by atoms with Gasteiger partial charge in [-0.3, -0.25) is 0 Å². The number of methoxy groups -OCH3 is 1. The lowest BCUT2D eigenvalue weighted by atomic mass is 9.98. The summed E-state index contributed by atoms with van der Waals surface area (Å²) in [7, 11) is 1.54. The van der Waals surface area contributed by atoms with Crippen molar-refractivity contribution in [2.24, 2.45) is 11.7 Å². The second-order valence-electron chi connectivity index (χ2n) is 4.51. The van der Waals surface area contributed by atoms with Crippen LogP contribution in [0, 0.1) is 5.92 Å². The molecule has 3 nitrogen and oxygen atoms in total. The normalized spacial score (nSPS) is 12.8. The third kappa shape index (κ3) is 3.42. The number of hydrogen-bond acceptors (Lipinski definition) is 3. The molecule has 0 spiro atoms. The first-order chi connectivity index (χ1) is 7.54. The summed E-state index contributed by atoms with van der Waals surface area (Å²) in [5.74, 6) is 1.30. The zero-order chi connectivity index (χ0) is 12.1. The minimum atomic E-state index is 0.0110. The number of hydrogen-bond donors (Lipinski definition) is 2. The van der Waals surface area contributed by atoms with Gasteiger partial charge in [0.05, 0.1) is 7.11 Å². The van der Waals surface area contributed by atoms with Crippen LogP contribution in [0.25, 0.3) is 0 Å². The van der Waals surface area contributed by atoms with E-state index < -0.39 is 0 Å². The van der Waals surface area contributed by atoms with Crippen molar-refractivity contribution in [3.05, 3.63) is 23.8 Å². The molecule has 0 aliphatic rings. The van der Waals surface area contributed by atoms with Gasteiger partial charge in [0.25, 0.3) is 0 Å². The minimum absolute atomic E-state index is 0.0110. The molecule has 1 rings (SSSR count). The first kappa shape index (κ1) is 12.8. The maximum absolute atomic E-state index is 9.47. The van der Waals surface area contributed by atoms with E-state index in [1.165, 1.54) is 0 Å². The fourth-order valence-corrected chi connectivity index (χ4v) is 1.60. The molecule has 90 valence electrons. The van der Waals surface area contributed by atoms with Crippen molar-refractivity contribution >= 4 is 0 Å². The number of benzene rings is 1. The van der Waals surface area contributed by atoms with E-state index in [0.717, 1.165) is 18.4 Å². The zero-order valence-electron chi connectivity index (χ0n) is 10.2. The minimum Gasteiger partial charge on any atom is -0.504 e. The Morgan fingerprint density at radius 1 is 1.31 bits per heavy atom. The van der Waals surface area contributed by atoms with E-state index in [-0.39, 0.29) is 11.8 Å². The SMILES string of the molecule is COc1cc([C@@H](N)CCC(C)C)ccc1O. The molecule has 0 radical (unpaired) electrons. The summed E-state index contributed by atoms with van der Waals surface area (Å²) in [6.45, 7) is 4.37. The van der Waals surface area contributed by atoms with Gasteiger partial charge in [-0.1, -0.05) is 19.9 Å². The van der Waals surface area contributed by atoms with Gasteiger partial charge >= 0.3 is 0 Å². The van der Waals surface area contributed by atoms with Crippen LogP contribution in [0.5, 0.6) is 11.5 Å². The van der Waals surface area contributed by atoms with Crippen molar-refractivity contribution in [3.63, 3.8) is 0 Å². The third-order valence-electron chi connectivity index (χ3n) is 2.69. The molecular weight excluding hydrogens is 202 g/mol. The average molecular weight is 223 g/mol. The van der Waals surface area contributed by atoms with Crippen LogP contribution in [0.4, 0.5) is 0 Å². The Bertz CT molecular complexity index is 337. The van der Waals surface area contributed by atoms with Crippen LogP contribution in [-0.4, -0.2) is 12.2 Å². The first-order valence-electron chi connectivity index (χ1n) is 5.67. The largest absolute Gasteiger partial charge is 0.504 e. The highest BCUT2D eigenvalue weighted by molar-refractivity contribution is 5.42. The number of rotatable bonds is 5. The van der Waals surface area contributed by atoms with Gasteiger partial charge < -0.3 is 15.6 Å². The Morgan fingerprint density at radius 2 is 2.00 bits per heavy atom. The van der Waals surface area contributed by atoms with E-state index in [9.17, 15) is 5.11 Å². The van der Waals surface area contributed by atoms with Crippen molar-refractivity contribution in [1.29, 1.82) is 0 Å². The van der Waals surface area contributed by atoms with E-state index >= 15 is 0 Å². The number of nitrogens with two attached hydrogens (primary N) is 1. The van der Waals surface area contributed by atoms with Gasteiger partial charge in [-0.25, -0.2) is 0 Å². The van der Waals surface area contributed by atoms with Crippen molar-refractivity contribution in [1.82, 2.24) is 0 Å². The molecule has 1 atom stereocenters. The maximum Gasteiger partial charge on any atom is 0.160 e. The summed E-state index contributed by atoms with van der Waals surface area (Å²) in [6, 6.07) is 5.30. The van der Waals surface area contributed by atoms with Gasteiger partial charge in [0.1, 0.15) is 0 Å². The quantitative estimate of drug-likeness (QED) is 0.807. The van der Waals surface area contributed by atoms with Gasteiger partial charge in [0.2, 0.25) is 0 Å². The molecule has 0 heterocycles. The summed E-state index contributed by atoms with van der Waals surface area (Å²) in [4.78, 5) is 0. The molecule has 3 heteroatoms. The van der Waals surface area contributed by atoms with E-state index in [1.54, 1.807) is 19.2 Å². The maximum atomic E-state index is 9.47. The lowest BCUT2D eigenvalue weighted by Crippen LogP contribution is -2.11. The molecule has 3 N–H and O–H groups in total. The highest BCUT2D eigenvalue weighted by atomic mass is 16.5. The average Bonchev–Trinajstić information content (AvgIpc) is 2.26. The number of phenols is 1. The first-order valence-corrected chi connectivity index (χ1v) is 5.67. The molecule has 0 unspecified atom stereocenters. The zero-order valence-corrected chi connectivity index (χ0v) is 10.2. The van der Waals surface area contributed by atoms with Gasteiger partial charge in [-0.15, -0.1) is 0 Å². The van der Waals surface area contributed by atoms with Crippen molar-refractivity contribution in [2.75, 3.05) is 7.11 Å². The molecule has 0 aromatic heterocycles. The molecule has 1 aromatic rings. The van der Waals surface area contributed by atoms with Gasteiger partial charge in [-0.05, 0) is 36.5 Å². The van der Waals surface area contributed by atoms with E-state index in [4.69, 9.17) is 10.5 Å². The Labute approximate surface area is 97.2 Å². The monoisotopic (exact) mass is 223 g/mol. The molecule has 0 saturated heterocycles. The van der Waals surface area contributed by atoms with Crippen LogP contribution in [0.1, 0.15) is 38.3 Å². The number of aromatic hydroxyl groups is 1. The smallest absolute Gasteiger partial charge is 0.160 e. The summed E-state index contributed by atoms with van der Waals surface area (Å²) >= 11 is 0. The van der Waals surface area contributed by atoms with Crippen LogP contribution >= 0.6 is 0 Å². The summed E-state index contributed by atoms with van der Waals surface area (Å²) in [5.41, 5.74) is 7.09. The van der Waals surface area contributed by atoms with Crippen LogP contribution in [0.15, 0.2) is 18.2 Å². The van der Waals surface area contributed by atoms with Gasteiger partial charge in [0, 0.05) is 6.04 Å². The van der Waals surface area contributed by atoms with E-state index in [0.29, 0.717) is 11.7 Å². The van der Waals surface area contributed by atoms with Gasteiger partial charge in [0.15, 0.2) is 11.5 Å². The van der Waals surface area contributed by atoms with Crippen LogP contribution in [0.3, 0.4) is 0 Å². The summed E-state index contributed by atoms with van der Waals surface area (Å²) in [6.07, 6.45) is 2.05. The molecule has 0 amide bonds. The molecule has 16 heavy (non-hydrogen) atoms. The molecule has 0 aliphatic carbocycles. The number of ether oxygens (including phenoxy) is 1. The highest BCUT2D eigenvalue weighted by Gasteiger charge is 2.10. The molecular formula is C13H21NO2. The Balaban J connectivity index is 2.72. The molecule has 0 saturated carbocycles.